The summed E-state index contributed by atoms with van der Waals surface area (Å²) in [5.74, 6) is 2.39. The molecule has 54 heavy (non-hydrogen) atoms. The highest BCUT2D eigenvalue weighted by Gasteiger charge is 2.29. The first-order chi connectivity index (χ1) is 26.2. The molecule has 11 heteroatoms. The van der Waals surface area contributed by atoms with Gasteiger partial charge in [-0.15, -0.1) is 0 Å². The van der Waals surface area contributed by atoms with Crippen molar-refractivity contribution < 1.29 is 14.2 Å². The zero-order valence-electron chi connectivity index (χ0n) is 33.8. The topological polar surface area (TPSA) is 93.9 Å². The quantitative estimate of drug-likeness (QED) is 0.103. The van der Waals surface area contributed by atoms with E-state index in [0.717, 1.165) is 112 Å². The lowest BCUT2D eigenvalue weighted by molar-refractivity contribution is 0.184. The second-order valence-electron chi connectivity index (χ2n) is 15.9. The van der Waals surface area contributed by atoms with Gasteiger partial charge in [-0.25, -0.2) is 0 Å². The van der Waals surface area contributed by atoms with Crippen molar-refractivity contribution in [1.29, 1.82) is 0 Å². The summed E-state index contributed by atoms with van der Waals surface area (Å²) < 4.78 is 22.5. The Balaban J connectivity index is 1.08. The SMILES string of the molecule is CNCCN(C)Cc1cn(C2CCOC2)nc1-c1ccc(OC(C)CC2CCC(n3cc(CN(C)CCNC)c(-c4ccc(OC(C)C)cc4)n3)C2)cc1. The molecule has 2 aromatic heterocycles. The van der Waals surface area contributed by atoms with Crippen LogP contribution in [0.2, 0.25) is 0 Å². The van der Waals surface area contributed by atoms with Gasteiger partial charge in [0.25, 0.3) is 0 Å². The normalized spacial score (nSPS) is 19.4. The molecule has 2 N–H and O–H groups in total. The van der Waals surface area contributed by atoms with E-state index in [4.69, 9.17) is 24.4 Å². The molecule has 4 atom stereocenters. The second-order valence-corrected chi connectivity index (χ2v) is 15.9. The maximum absolute atomic E-state index is 6.52. The van der Waals surface area contributed by atoms with Crippen molar-refractivity contribution in [2.45, 2.75) is 90.3 Å². The lowest BCUT2D eigenvalue weighted by Crippen LogP contribution is -2.27. The Morgan fingerprint density at radius 2 is 1.28 bits per heavy atom. The number of hydrogen-bond acceptors (Lipinski definition) is 9. The van der Waals surface area contributed by atoms with Gasteiger partial charge in [-0.3, -0.25) is 9.36 Å². The third kappa shape index (κ3) is 10.7. The van der Waals surface area contributed by atoms with E-state index in [1.165, 1.54) is 17.5 Å². The molecule has 1 saturated carbocycles. The van der Waals surface area contributed by atoms with Crippen LogP contribution in [0.3, 0.4) is 0 Å². The monoisotopic (exact) mass is 741 g/mol. The predicted octanol–water partition coefficient (Wildman–Crippen LogP) is 6.66. The highest BCUT2D eigenvalue weighted by atomic mass is 16.5. The van der Waals surface area contributed by atoms with Crippen molar-refractivity contribution in [1.82, 2.24) is 40.0 Å². The minimum atomic E-state index is 0.119. The molecule has 1 saturated heterocycles. The Morgan fingerprint density at radius 1 is 0.741 bits per heavy atom. The molecular weight excluding hydrogens is 677 g/mol. The summed E-state index contributed by atoms with van der Waals surface area (Å²) in [6.45, 7) is 13.4. The number of benzene rings is 2. The first-order valence-corrected chi connectivity index (χ1v) is 20.1. The fourth-order valence-corrected chi connectivity index (χ4v) is 7.93. The number of aromatic nitrogens is 4. The standard InChI is InChI=1S/C43H64N8O3/c1-31(2)53-40-14-9-34(10-15-40)42-36(26-48(6)21-19-44-4)28-50(46-42)38-13-8-33(25-38)24-32(3)54-41-16-11-35(12-17-41)43-37(27-49(7)22-20-45-5)29-51(47-43)39-18-23-52-30-39/h9-12,14-17,28-29,31-33,38-39,44-45H,8,13,18-27,30H2,1-7H3. The highest BCUT2D eigenvalue weighted by Crippen LogP contribution is 2.39. The minimum Gasteiger partial charge on any atom is -0.491 e. The largest absolute Gasteiger partial charge is 0.491 e. The van der Waals surface area contributed by atoms with Crippen molar-refractivity contribution in [2.24, 2.45) is 5.92 Å². The van der Waals surface area contributed by atoms with Crippen molar-refractivity contribution in [3.63, 3.8) is 0 Å². The summed E-state index contributed by atoms with van der Waals surface area (Å²) in [7, 11) is 8.35. The summed E-state index contributed by atoms with van der Waals surface area (Å²) in [6.07, 6.45) is 10.3. The Labute approximate surface area is 323 Å². The van der Waals surface area contributed by atoms with Gasteiger partial charge in [0, 0.05) is 80.5 Å². The Morgan fingerprint density at radius 3 is 1.78 bits per heavy atom. The summed E-state index contributed by atoms with van der Waals surface area (Å²) in [6, 6.07) is 17.7. The van der Waals surface area contributed by atoms with E-state index in [9.17, 15) is 0 Å². The van der Waals surface area contributed by atoms with Crippen molar-refractivity contribution in [3.05, 3.63) is 72.1 Å². The van der Waals surface area contributed by atoms with Gasteiger partial charge in [-0.1, -0.05) is 0 Å². The van der Waals surface area contributed by atoms with E-state index in [2.05, 4.69) is 126 Å². The highest BCUT2D eigenvalue weighted by molar-refractivity contribution is 5.64. The van der Waals surface area contributed by atoms with E-state index in [1.54, 1.807) is 0 Å². The van der Waals surface area contributed by atoms with Crippen molar-refractivity contribution >= 4 is 0 Å². The number of hydrogen-bond donors (Lipinski definition) is 2. The van der Waals surface area contributed by atoms with E-state index in [-0.39, 0.29) is 12.2 Å². The Bertz CT molecular complexity index is 1710. The summed E-state index contributed by atoms with van der Waals surface area (Å²) in [5, 5.41) is 16.9. The van der Waals surface area contributed by atoms with Crippen LogP contribution in [0.5, 0.6) is 11.5 Å². The molecular formula is C43H64N8O3. The lowest BCUT2D eigenvalue weighted by atomic mass is 10.0. The number of nitrogens with zero attached hydrogens (tertiary/aromatic N) is 6. The summed E-state index contributed by atoms with van der Waals surface area (Å²) >= 11 is 0. The maximum atomic E-state index is 6.52. The predicted molar refractivity (Wildman–Crippen MR) is 217 cm³/mol. The maximum Gasteiger partial charge on any atom is 0.119 e. The Kier molecular flexibility index (Phi) is 14.2. The first-order valence-electron chi connectivity index (χ1n) is 20.1. The van der Waals surface area contributed by atoms with E-state index >= 15 is 0 Å². The van der Waals surface area contributed by atoms with Crippen LogP contribution in [-0.2, 0) is 17.8 Å². The third-order valence-corrected chi connectivity index (χ3v) is 10.8. The van der Waals surface area contributed by atoms with Crippen LogP contribution in [0.15, 0.2) is 60.9 Å². The molecule has 0 spiro atoms. The number of likely N-dealkylation sites (N-methyl/N-ethyl adjacent to an activating group) is 4. The zero-order chi connectivity index (χ0) is 38.0. The van der Waals surface area contributed by atoms with Gasteiger partial charge in [-0.05, 0) is 136 Å². The van der Waals surface area contributed by atoms with Gasteiger partial charge in [0.1, 0.15) is 11.5 Å². The van der Waals surface area contributed by atoms with E-state index in [0.29, 0.717) is 18.0 Å². The van der Waals surface area contributed by atoms with Crippen LogP contribution in [0.25, 0.3) is 22.5 Å². The molecule has 294 valence electrons. The Hall–Kier alpha value is -3.74. The van der Waals surface area contributed by atoms with Crippen LogP contribution >= 0.6 is 0 Å². The molecule has 3 heterocycles. The van der Waals surface area contributed by atoms with Gasteiger partial charge >= 0.3 is 0 Å². The summed E-state index contributed by atoms with van der Waals surface area (Å²) in [4.78, 5) is 4.71. The smallest absolute Gasteiger partial charge is 0.119 e. The fraction of sp³-hybridized carbons (Fsp3) is 0.581. The number of nitrogens with one attached hydrogen (secondary N) is 2. The zero-order valence-corrected chi connectivity index (χ0v) is 33.8. The summed E-state index contributed by atoms with van der Waals surface area (Å²) in [5.41, 5.74) is 6.87. The van der Waals surface area contributed by atoms with Crippen molar-refractivity contribution in [2.75, 3.05) is 67.6 Å². The molecule has 2 aromatic carbocycles. The molecule has 1 aliphatic carbocycles. The van der Waals surface area contributed by atoms with Crippen LogP contribution in [0, 0.1) is 5.92 Å². The third-order valence-electron chi connectivity index (χ3n) is 10.8. The minimum absolute atomic E-state index is 0.119. The van der Waals surface area contributed by atoms with Gasteiger partial charge in [0.15, 0.2) is 0 Å². The molecule has 2 fully saturated rings. The molecule has 0 bridgehead atoms. The van der Waals surface area contributed by atoms with Crippen LogP contribution in [0.1, 0.15) is 76.1 Å². The van der Waals surface area contributed by atoms with Gasteiger partial charge in [0.05, 0.1) is 42.3 Å². The van der Waals surface area contributed by atoms with E-state index in [1.807, 2.05) is 14.1 Å². The lowest BCUT2D eigenvalue weighted by Gasteiger charge is -2.19. The molecule has 4 unspecified atom stereocenters. The molecule has 4 aromatic rings. The second kappa shape index (κ2) is 19.2. The van der Waals surface area contributed by atoms with Crippen molar-refractivity contribution in [3.8, 4) is 34.0 Å². The molecule has 6 rings (SSSR count). The van der Waals surface area contributed by atoms with Crippen LogP contribution in [0.4, 0.5) is 0 Å². The average molecular weight is 741 g/mol. The van der Waals surface area contributed by atoms with Gasteiger partial charge in [0.2, 0.25) is 0 Å². The molecule has 0 amide bonds. The average Bonchev–Trinajstić information content (AvgIpc) is 3.98. The van der Waals surface area contributed by atoms with Gasteiger partial charge < -0.3 is 34.6 Å². The molecule has 0 radical (unpaired) electrons. The fourth-order valence-electron chi connectivity index (χ4n) is 7.93. The first kappa shape index (κ1) is 39.9. The number of ether oxygens (including phenoxy) is 3. The van der Waals surface area contributed by atoms with Crippen LogP contribution in [-0.4, -0.2) is 109 Å². The molecule has 1 aliphatic heterocycles. The van der Waals surface area contributed by atoms with Gasteiger partial charge in [-0.2, -0.15) is 10.2 Å². The van der Waals surface area contributed by atoms with Crippen LogP contribution < -0.4 is 20.1 Å². The number of rotatable bonds is 20. The molecule has 11 nitrogen and oxygen atoms in total. The van der Waals surface area contributed by atoms with E-state index < -0.39 is 0 Å². The molecule has 2 aliphatic rings.